The average Bonchev–Trinajstić information content (AvgIpc) is 2.63. The van der Waals surface area contributed by atoms with Gasteiger partial charge in [-0.05, 0) is 18.1 Å². The number of aliphatic hydroxyl groups is 2. The van der Waals surface area contributed by atoms with Crippen molar-refractivity contribution in [1.29, 1.82) is 0 Å². The van der Waals surface area contributed by atoms with Crippen LogP contribution in [0.3, 0.4) is 0 Å². The topological polar surface area (TPSA) is 96.1 Å². The fourth-order valence-corrected chi connectivity index (χ4v) is 3.02. The maximum absolute atomic E-state index is 11.1. The number of non-ortho nitro benzene ring substituents is 1. The summed E-state index contributed by atoms with van der Waals surface area (Å²) >= 11 is 0. The van der Waals surface area contributed by atoms with Crippen LogP contribution >= 0.6 is 0 Å². The van der Waals surface area contributed by atoms with Crippen molar-refractivity contribution in [1.82, 2.24) is 0 Å². The van der Waals surface area contributed by atoms with E-state index < -0.39 is 11.0 Å². The Morgan fingerprint density at radius 3 is 2.72 bits per heavy atom. The Hall–Kier alpha value is -2.64. The molecule has 1 aliphatic rings. The van der Waals surface area contributed by atoms with Crippen molar-refractivity contribution in [2.24, 2.45) is 0 Å². The van der Waals surface area contributed by atoms with Crippen LogP contribution in [-0.2, 0) is 6.54 Å². The molecule has 0 aromatic heterocycles. The smallest absolute Gasteiger partial charge is 0.271 e. The Bertz CT molecular complexity index is 738. The lowest BCUT2D eigenvalue weighted by Gasteiger charge is -2.39. The van der Waals surface area contributed by atoms with Gasteiger partial charge in [-0.1, -0.05) is 30.3 Å². The normalized spacial score (nSPS) is 17.5. The van der Waals surface area contributed by atoms with Crippen molar-refractivity contribution in [3.8, 4) is 5.75 Å². The minimum atomic E-state index is -0.868. The van der Waals surface area contributed by atoms with E-state index in [4.69, 9.17) is 9.84 Å². The highest BCUT2D eigenvalue weighted by Crippen LogP contribution is 2.38. The van der Waals surface area contributed by atoms with Gasteiger partial charge in [0.1, 0.15) is 12.4 Å². The van der Waals surface area contributed by atoms with Gasteiger partial charge in [-0.15, -0.1) is 0 Å². The molecule has 7 nitrogen and oxygen atoms in total. The number of fused-ring (bicyclic) bond motifs is 1. The summed E-state index contributed by atoms with van der Waals surface area (Å²) in [6.07, 6.45) is -0.557. The Kier molecular flexibility index (Phi) is 5.16. The predicted molar refractivity (Wildman–Crippen MR) is 92.7 cm³/mol. The molecular weight excluding hydrogens is 324 g/mol. The first-order valence-electron chi connectivity index (χ1n) is 8.09. The van der Waals surface area contributed by atoms with Gasteiger partial charge in [0.2, 0.25) is 0 Å². The van der Waals surface area contributed by atoms with E-state index in [2.05, 4.69) is 0 Å². The van der Waals surface area contributed by atoms with E-state index in [1.165, 1.54) is 12.1 Å². The van der Waals surface area contributed by atoms with E-state index in [1.54, 1.807) is 6.07 Å². The number of rotatable bonds is 6. The van der Waals surface area contributed by atoms with Crippen LogP contribution in [-0.4, -0.2) is 40.5 Å². The molecule has 3 rings (SSSR count). The first-order valence-corrected chi connectivity index (χ1v) is 8.09. The summed E-state index contributed by atoms with van der Waals surface area (Å²) in [5, 5.41) is 30.1. The summed E-state index contributed by atoms with van der Waals surface area (Å²) in [4.78, 5) is 12.7. The molecule has 0 radical (unpaired) electrons. The summed E-state index contributed by atoms with van der Waals surface area (Å²) in [5.74, 6) is 0.580. The lowest BCUT2D eigenvalue weighted by Crippen LogP contribution is -2.45. The first kappa shape index (κ1) is 17.2. The molecule has 2 N–H and O–H groups in total. The molecule has 132 valence electrons. The quantitative estimate of drug-likeness (QED) is 0.615. The van der Waals surface area contributed by atoms with Crippen LogP contribution in [0.25, 0.3) is 0 Å². The molecule has 25 heavy (non-hydrogen) atoms. The van der Waals surface area contributed by atoms with Crippen LogP contribution in [0.15, 0.2) is 48.5 Å². The van der Waals surface area contributed by atoms with Crippen LogP contribution in [0.2, 0.25) is 0 Å². The average molecular weight is 344 g/mol. The maximum atomic E-state index is 11.1. The van der Waals surface area contributed by atoms with Crippen LogP contribution in [0.1, 0.15) is 12.0 Å². The van der Waals surface area contributed by atoms with Gasteiger partial charge in [-0.3, -0.25) is 10.1 Å². The van der Waals surface area contributed by atoms with Crippen molar-refractivity contribution in [2.75, 3.05) is 18.1 Å². The Labute approximate surface area is 145 Å². The van der Waals surface area contributed by atoms with Crippen LogP contribution in [0, 0.1) is 10.1 Å². The highest BCUT2D eigenvalue weighted by Gasteiger charge is 2.30. The van der Waals surface area contributed by atoms with Crippen molar-refractivity contribution in [2.45, 2.75) is 25.1 Å². The third-order valence-electron chi connectivity index (χ3n) is 4.29. The molecule has 0 saturated heterocycles. The number of ether oxygens (including phenoxy) is 1. The number of hydrogen-bond donors (Lipinski definition) is 2. The van der Waals surface area contributed by atoms with Crippen molar-refractivity contribution >= 4 is 11.4 Å². The zero-order valence-corrected chi connectivity index (χ0v) is 13.6. The number of aliphatic hydroxyl groups excluding tert-OH is 2. The SMILES string of the molecule is O=[N+]([O-])c1ccc2c(c1)N(Cc1ccccc1)C(CC(O)CO)CO2. The molecule has 0 bridgehead atoms. The fraction of sp³-hybridized carbons (Fsp3) is 0.333. The van der Waals surface area contributed by atoms with Gasteiger partial charge in [0.25, 0.3) is 5.69 Å². The van der Waals surface area contributed by atoms with Gasteiger partial charge in [-0.25, -0.2) is 0 Å². The third-order valence-corrected chi connectivity index (χ3v) is 4.29. The highest BCUT2D eigenvalue weighted by molar-refractivity contribution is 5.65. The van der Waals surface area contributed by atoms with Gasteiger partial charge >= 0.3 is 0 Å². The van der Waals surface area contributed by atoms with Crippen LogP contribution < -0.4 is 9.64 Å². The lowest BCUT2D eigenvalue weighted by atomic mass is 10.0. The lowest BCUT2D eigenvalue weighted by molar-refractivity contribution is -0.384. The molecular formula is C18H20N2O5. The second kappa shape index (κ2) is 7.50. The fourth-order valence-electron chi connectivity index (χ4n) is 3.02. The predicted octanol–water partition coefficient (Wildman–Crippen LogP) is 2.11. The maximum Gasteiger partial charge on any atom is 0.271 e. The van der Waals surface area contributed by atoms with Crippen LogP contribution in [0.4, 0.5) is 11.4 Å². The Morgan fingerprint density at radius 1 is 1.28 bits per heavy atom. The summed E-state index contributed by atoms with van der Waals surface area (Å²) in [6.45, 7) is 0.535. The largest absolute Gasteiger partial charge is 0.489 e. The van der Waals surface area contributed by atoms with Crippen molar-refractivity contribution in [3.63, 3.8) is 0 Å². The van der Waals surface area contributed by atoms with E-state index in [9.17, 15) is 15.2 Å². The second-order valence-corrected chi connectivity index (χ2v) is 6.06. The molecule has 2 aromatic carbocycles. The van der Waals surface area contributed by atoms with Gasteiger partial charge in [0, 0.05) is 18.7 Å². The van der Waals surface area contributed by atoms with Gasteiger partial charge in [0.15, 0.2) is 0 Å². The summed E-state index contributed by atoms with van der Waals surface area (Å²) < 4.78 is 5.73. The Morgan fingerprint density at radius 2 is 2.04 bits per heavy atom. The number of nitro groups is 1. The van der Waals surface area contributed by atoms with Crippen molar-refractivity contribution < 1.29 is 19.9 Å². The van der Waals surface area contributed by atoms with E-state index in [0.717, 1.165) is 5.56 Å². The summed E-state index contributed by atoms with van der Waals surface area (Å²) in [7, 11) is 0. The summed E-state index contributed by atoms with van der Waals surface area (Å²) in [6, 6.07) is 14.1. The number of benzene rings is 2. The minimum Gasteiger partial charge on any atom is -0.489 e. The first-order chi connectivity index (χ1) is 12.1. The van der Waals surface area contributed by atoms with Gasteiger partial charge in [-0.2, -0.15) is 0 Å². The van der Waals surface area contributed by atoms with Gasteiger partial charge < -0.3 is 19.8 Å². The minimum absolute atomic E-state index is 0.0104. The van der Waals surface area contributed by atoms with E-state index >= 15 is 0 Å². The molecule has 0 amide bonds. The number of hydrogen-bond acceptors (Lipinski definition) is 6. The highest BCUT2D eigenvalue weighted by atomic mass is 16.6. The number of nitrogens with zero attached hydrogens (tertiary/aromatic N) is 2. The molecule has 2 atom stereocenters. The van der Waals surface area contributed by atoms with Crippen LogP contribution in [0.5, 0.6) is 5.75 Å². The molecule has 0 spiro atoms. The Balaban J connectivity index is 1.96. The molecule has 1 aliphatic heterocycles. The molecule has 0 aliphatic carbocycles. The van der Waals surface area contributed by atoms with E-state index in [0.29, 0.717) is 31.0 Å². The molecule has 0 fully saturated rings. The standard InChI is InChI=1S/C18H20N2O5/c21-11-16(22)8-15-12-25-18-7-6-14(20(23)24)9-17(18)19(15)10-13-4-2-1-3-5-13/h1-7,9,15-16,21-22H,8,10-12H2. The molecule has 2 aromatic rings. The third kappa shape index (κ3) is 3.89. The zero-order chi connectivity index (χ0) is 17.8. The molecule has 7 heteroatoms. The number of anilines is 1. The summed E-state index contributed by atoms with van der Waals surface area (Å²) in [5.41, 5.74) is 1.66. The molecule has 2 unspecified atom stereocenters. The molecule has 0 saturated carbocycles. The zero-order valence-electron chi connectivity index (χ0n) is 13.6. The van der Waals surface area contributed by atoms with Crippen molar-refractivity contribution in [3.05, 3.63) is 64.2 Å². The van der Waals surface area contributed by atoms with Gasteiger partial charge in [0.05, 0.1) is 29.4 Å². The number of nitro benzene ring substituents is 1. The monoisotopic (exact) mass is 344 g/mol. The second-order valence-electron chi connectivity index (χ2n) is 6.06. The molecule has 1 heterocycles. The van der Waals surface area contributed by atoms with E-state index in [-0.39, 0.29) is 18.3 Å². The van der Waals surface area contributed by atoms with E-state index in [1.807, 2.05) is 35.2 Å².